The lowest BCUT2D eigenvalue weighted by Gasteiger charge is -2.05. The summed E-state index contributed by atoms with van der Waals surface area (Å²) < 4.78 is 7.10. The molecule has 0 atom stereocenters. The van der Waals surface area contributed by atoms with Crippen molar-refractivity contribution < 1.29 is 14.6 Å². The van der Waals surface area contributed by atoms with Gasteiger partial charge in [0.15, 0.2) is 5.75 Å². The van der Waals surface area contributed by atoms with Crippen LogP contribution in [0.2, 0.25) is 0 Å². The fraction of sp³-hybridized carbons (Fsp3) is 0.238. The summed E-state index contributed by atoms with van der Waals surface area (Å²) in [7, 11) is 0. The molecule has 3 rings (SSSR count). The second-order valence-electron chi connectivity index (χ2n) is 6.06. The molecule has 0 radical (unpaired) electrons. The third kappa shape index (κ3) is 3.61. The van der Waals surface area contributed by atoms with E-state index in [4.69, 9.17) is 4.74 Å². The number of benzene rings is 2. The van der Waals surface area contributed by atoms with Crippen molar-refractivity contribution in [1.29, 1.82) is 0 Å². The number of unbranched alkanes of at least 4 members (excludes halogenated alkanes) is 1. The lowest BCUT2D eigenvalue weighted by atomic mass is 10.2. The summed E-state index contributed by atoms with van der Waals surface area (Å²) >= 11 is 0. The van der Waals surface area contributed by atoms with Gasteiger partial charge in [0, 0.05) is 12.3 Å². The Morgan fingerprint density at radius 2 is 1.92 bits per heavy atom. The molecule has 1 N–H and O–H groups in total. The maximum Gasteiger partial charge on any atom is 0.228 e. The maximum absolute atomic E-state index is 12.0. The Kier molecular flexibility index (Phi) is 5.37. The van der Waals surface area contributed by atoms with Crippen molar-refractivity contribution in [3.63, 3.8) is 0 Å². The summed E-state index contributed by atoms with van der Waals surface area (Å²) in [5.74, 6) is 0.680. The van der Waals surface area contributed by atoms with Gasteiger partial charge in [0.05, 0.1) is 24.0 Å². The fourth-order valence-electron chi connectivity index (χ4n) is 2.80. The summed E-state index contributed by atoms with van der Waals surface area (Å²) in [5, 5.41) is 11.1. The van der Waals surface area contributed by atoms with Crippen molar-refractivity contribution in [3.8, 4) is 11.5 Å². The molecule has 0 unspecified atom stereocenters. The van der Waals surface area contributed by atoms with Crippen LogP contribution in [-0.4, -0.2) is 28.4 Å². The van der Waals surface area contributed by atoms with Gasteiger partial charge in [-0.1, -0.05) is 25.5 Å². The first kappa shape index (κ1) is 17.7. The zero-order valence-corrected chi connectivity index (χ0v) is 15.0. The van der Waals surface area contributed by atoms with Crippen molar-refractivity contribution >= 4 is 28.7 Å². The Bertz CT molecular complexity index is 940. The third-order valence-electron chi connectivity index (χ3n) is 4.14. The van der Waals surface area contributed by atoms with Gasteiger partial charge in [-0.05, 0) is 42.8 Å². The molecular weight excluding hydrogens is 328 g/mol. The molecule has 0 saturated heterocycles. The summed E-state index contributed by atoms with van der Waals surface area (Å²) in [5.41, 5.74) is 1.76. The minimum Gasteiger partial charge on any atom is -0.505 e. The van der Waals surface area contributed by atoms with Gasteiger partial charge in [0.25, 0.3) is 0 Å². The van der Waals surface area contributed by atoms with Gasteiger partial charge in [-0.25, -0.2) is 0 Å². The highest BCUT2D eigenvalue weighted by Gasteiger charge is 2.17. The van der Waals surface area contributed by atoms with Crippen LogP contribution in [0.15, 0.2) is 53.5 Å². The summed E-state index contributed by atoms with van der Waals surface area (Å²) in [6.45, 7) is 4.29. The van der Waals surface area contributed by atoms with Gasteiger partial charge < -0.3 is 9.84 Å². The van der Waals surface area contributed by atoms with E-state index >= 15 is 0 Å². The van der Waals surface area contributed by atoms with Gasteiger partial charge in [-0.3, -0.25) is 14.4 Å². The number of aromatic hydroxyl groups is 1. The molecule has 5 heteroatoms. The topological polar surface area (TPSA) is 63.8 Å². The number of aliphatic imine (C=N–C) groups is 1. The van der Waals surface area contributed by atoms with Gasteiger partial charge in [-0.15, -0.1) is 0 Å². The van der Waals surface area contributed by atoms with Crippen LogP contribution in [0.25, 0.3) is 10.9 Å². The Morgan fingerprint density at radius 3 is 2.62 bits per heavy atom. The molecule has 2 aromatic carbocycles. The average molecular weight is 350 g/mol. The molecule has 0 spiro atoms. The smallest absolute Gasteiger partial charge is 0.228 e. The Morgan fingerprint density at radius 1 is 1.19 bits per heavy atom. The highest BCUT2D eigenvalue weighted by Crippen LogP contribution is 2.31. The quantitative estimate of drug-likeness (QED) is 0.506. The SMILES string of the molecule is CCCCOc1ccc(N=Cc2c(O)c3ccccc3n2C(C)=O)cc1. The normalized spacial score (nSPS) is 11.3. The molecule has 0 fully saturated rings. The van der Waals surface area contributed by atoms with E-state index in [9.17, 15) is 9.90 Å². The standard InChI is InChI=1S/C21H22N2O3/c1-3-4-13-26-17-11-9-16(10-12-17)22-14-20-21(25)18-7-5-6-8-19(18)23(20)15(2)24/h5-12,14,25H,3-4,13H2,1-2H3. The number of hydrogen-bond donors (Lipinski definition) is 1. The summed E-state index contributed by atoms with van der Waals surface area (Å²) in [6, 6.07) is 14.7. The van der Waals surface area contributed by atoms with Crippen LogP contribution in [0.5, 0.6) is 11.5 Å². The number of nitrogens with zero attached hydrogens (tertiary/aromatic N) is 2. The molecule has 0 saturated carbocycles. The largest absolute Gasteiger partial charge is 0.505 e. The van der Waals surface area contributed by atoms with E-state index in [2.05, 4.69) is 11.9 Å². The summed E-state index contributed by atoms with van der Waals surface area (Å²) in [6.07, 6.45) is 3.63. The first-order valence-corrected chi connectivity index (χ1v) is 8.72. The number of para-hydroxylation sites is 1. The van der Waals surface area contributed by atoms with Crippen molar-refractivity contribution in [2.24, 2.45) is 4.99 Å². The highest BCUT2D eigenvalue weighted by atomic mass is 16.5. The van der Waals surface area contributed by atoms with Crippen LogP contribution in [0.3, 0.4) is 0 Å². The van der Waals surface area contributed by atoms with Gasteiger partial charge in [-0.2, -0.15) is 0 Å². The number of hydrogen-bond acceptors (Lipinski definition) is 4. The molecule has 0 aliphatic carbocycles. The first-order chi connectivity index (χ1) is 12.6. The summed E-state index contributed by atoms with van der Waals surface area (Å²) in [4.78, 5) is 16.4. The monoisotopic (exact) mass is 350 g/mol. The van der Waals surface area contributed by atoms with Crippen molar-refractivity contribution in [3.05, 3.63) is 54.2 Å². The Balaban J connectivity index is 1.88. The van der Waals surface area contributed by atoms with Gasteiger partial charge in [0.2, 0.25) is 5.91 Å². The molecule has 0 aliphatic heterocycles. The van der Waals surface area contributed by atoms with Crippen LogP contribution < -0.4 is 4.74 Å². The second-order valence-corrected chi connectivity index (χ2v) is 6.06. The van der Waals surface area contributed by atoms with E-state index in [1.54, 1.807) is 12.1 Å². The minimum atomic E-state index is -0.178. The van der Waals surface area contributed by atoms with Gasteiger partial charge >= 0.3 is 0 Å². The lowest BCUT2D eigenvalue weighted by Crippen LogP contribution is -2.08. The van der Waals surface area contributed by atoms with E-state index in [0.717, 1.165) is 18.6 Å². The van der Waals surface area contributed by atoms with Crippen LogP contribution in [0, 0.1) is 0 Å². The Labute approximate surface area is 152 Å². The molecule has 0 aliphatic rings. The molecule has 0 amide bonds. The van der Waals surface area contributed by atoms with Gasteiger partial charge in [0.1, 0.15) is 11.4 Å². The molecule has 26 heavy (non-hydrogen) atoms. The van der Waals surface area contributed by atoms with Crippen LogP contribution in [0.1, 0.15) is 37.2 Å². The predicted molar refractivity (Wildman–Crippen MR) is 104 cm³/mol. The molecular formula is C21H22N2O3. The zero-order chi connectivity index (χ0) is 18.5. The van der Waals surface area contributed by atoms with E-state index < -0.39 is 0 Å². The number of fused-ring (bicyclic) bond motifs is 1. The van der Waals surface area contributed by atoms with E-state index in [-0.39, 0.29) is 11.7 Å². The van der Waals surface area contributed by atoms with E-state index in [0.29, 0.717) is 28.9 Å². The maximum atomic E-state index is 12.0. The Hall–Kier alpha value is -3.08. The van der Waals surface area contributed by atoms with Crippen LogP contribution >= 0.6 is 0 Å². The molecule has 0 bridgehead atoms. The van der Waals surface area contributed by atoms with Crippen LogP contribution in [-0.2, 0) is 0 Å². The zero-order valence-electron chi connectivity index (χ0n) is 15.0. The minimum absolute atomic E-state index is 0.0547. The fourth-order valence-corrected chi connectivity index (χ4v) is 2.80. The van der Waals surface area contributed by atoms with Crippen molar-refractivity contribution in [2.45, 2.75) is 26.7 Å². The lowest BCUT2D eigenvalue weighted by molar-refractivity contribution is 0.0940. The second kappa shape index (κ2) is 7.87. The molecule has 3 aromatic rings. The van der Waals surface area contributed by atoms with Crippen molar-refractivity contribution in [1.82, 2.24) is 4.57 Å². The average Bonchev–Trinajstić information content (AvgIpc) is 2.94. The van der Waals surface area contributed by atoms with E-state index in [1.807, 2.05) is 36.4 Å². The van der Waals surface area contributed by atoms with Crippen LogP contribution in [0.4, 0.5) is 5.69 Å². The van der Waals surface area contributed by atoms with E-state index in [1.165, 1.54) is 17.7 Å². The molecule has 1 aromatic heterocycles. The highest BCUT2D eigenvalue weighted by molar-refractivity contribution is 6.04. The first-order valence-electron chi connectivity index (χ1n) is 8.72. The molecule has 134 valence electrons. The van der Waals surface area contributed by atoms with Crippen molar-refractivity contribution in [2.75, 3.05) is 6.61 Å². The number of carbonyl (C=O) groups excluding carboxylic acids is 1. The number of rotatable bonds is 6. The molecule has 5 nitrogen and oxygen atoms in total. The number of carbonyl (C=O) groups is 1. The predicted octanol–water partition coefficient (Wildman–Crippen LogP) is 4.94. The molecule has 1 heterocycles. The number of ether oxygens (including phenoxy) is 1. The number of aromatic nitrogens is 1. The third-order valence-corrected chi connectivity index (χ3v) is 4.14.